The molecule has 0 spiro atoms. The highest BCUT2D eigenvalue weighted by Gasteiger charge is 2.31. The summed E-state index contributed by atoms with van der Waals surface area (Å²) >= 11 is 0. The van der Waals surface area contributed by atoms with Crippen molar-refractivity contribution in [2.75, 3.05) is 24.9 Å². The molecule has 3 aromatic carbocycles. The SMILES string of the molecule is COc1ccc(C2CC(c3ccccc3)n3nc(NC(=O)C=Cc4ccccc4OC)nc3N2)cc1. The molecule has 0 radical (unpaired) electrons. The van der Waals surface area contributed by atoms with Gasteiger partial charge in [-0.2, -0.15) is 4.98 Å². The summed E-state index contributed by atoms with van der Waals surface area (Å²) in [6.07, 6.45) is 3.92. The van der Waals surface area contributed by atoms with Gasteiger partial charge in [0, 0.05) is 11.6 Å². The van der Waals surface area contributed by atoms with Crippen LogP contribution in [0.25, 0.3) is 6.08 Å². The van der Waals surface area contributed by atoms with Crippen molar-refractivity contribution in [1.29, 1.82) is 0 Å². The van der Waals surface area contributed by atoms with Crippen molar-refractivity contribution in [2.24, 2.45) is 0 Å². The van der Waals surface area contributed by atoms with E-state index < -0.39 is 0 Å². The number of methoxy groups -OCH3 is 2. The number of hydrogen-bond acceptors (Lipinski definition) is 6. The van der Waals surface area contributed by atoms with E-state index in [-0.39, 0.29) is 23.9 Å². The first-order valence-electron chi connectivity index (χ1n) is 11.7. The van der Waals surface area contributed by atoms with Crippen molar-refractivity contribution in [3.05, 3.63) is 102 Å². The molecule has 2 atom stereocenters. The van der Waals surface area contributed by atoms with Crippen molar-refractivity contribution in [2.45, 2.75) is 18.5 Å². The molecule has 182 valence electrons. The lowest BCUT2D eigenvalue weighted by Crippen LogP contribution is -2.28. The summed E-state index contributed by atoms with van der Waals surface area (Å²) in [5, 5.41) is 10.9. The van der Waals surface area contributed by atoms with Gasteiger partial charge in [-0.15, -0.1) is 5.10 Å². The van der Waals surface area contributed by atoms with Gasteiger partial charge in [-0.05, 0) is 41.8 Å². The Morgan fingerprint density at radius 1 is 0.972 bits per heavy atom. The summed E-state index contributed by atoms with van der Waals surface area (Å²) in [7, 11) is 3.25. The number of carbonyl (C=O) groups is 1. The van der Waals surface area contributed by atoms with Crippen molar-refractivity contribution < 1.29 is 14.3 Å². The number of ether oxygens (including phenoxy) is 2. The third kappa shape index (κ3) is 4.93. The Labute approximate surface area is 209 Å². The number of aromatic nitrogens is 3. The highest BCUT2D eigenvalue weighted by atomic mass is 16.5. The van der Waals surface area contributed by atoms with Crippen LogP contribution in [-0.2, 0) is 4.79 Å². The van der Waals surface area contributed by atoms with Gasteiger partial charge in [0.15, 0.2) is 0 Å². The van der Waals surface area contributed by atoms with Gasteiger partial charge in [-0.3, -0.25) is 10.1 Å². The summed E-state index contributed by atoms with van der Waals surface area (Å²) in [5.74, 6) is 2.01. The molecule has 4 aromatic rings. The summed E-state index contributed by atoms with van der Waals surface area (Å²) < 4.78 is 12.5. The van der Waals surface area contributed by atoms with Crippen LogP contribution in [0.5, 0.6) is 11.5 Å². The molecule has 5 rings (SSSR count). The molecule has 1 aromatic heterocycles. The van der Waals surface area contributed by atoms with Crippen molar-refractivity contribution in [1.82, 2.24) is 14.8 Å². The Balaban J connectivity index is 1.39. The van der Waals surface area contributed by atoms with Gasteiger partial charge in [0.05, 0.1) is 26.3 Å². The second-order valence-corrected chi connectivity index (χ2v) is 8.40. The van der Waals surface area contributed by atoms with E-state index in [9.17, 15) is 4.79 Å². The van der Waals surface area contributed by atoms with E-state index in [1.807, 2.05) is 59.3 Å². The van der Waals surface area contributed by atoms with E-state index in [1.54, 1.807) is 20.3 Å². The number of anilines is 2. The number of nitrogens with one attached hydrogen (secondary N) is 2. The summed E-state index contributed by atoms with van der Waals surface area (Å²) in [5.41, 5.74) is 3.05. The minimum atomic E-state index is -0.327. The molecular formula is C28H27N5O3. The van der Waals surface area contributed by atoms with Crippen LogP contribution in [0, 0.1) is 0 Å². The first-order chi connectivity index (χ1) is 17.6. The maximum absolute atomic E-state index is 12.6. The molecule has 2 unspecified atom stereocenters. The summed E-state index contributed by atoms with van der Waals surface area (Å²) in [4.78, 5) is 17.2. The molecule has 36 heavy (non-hydrogen) atoms. The second kappa shape index (κ2) is 10.4. The topological polar surface area (TPSA) is 90.3 Å². The molecule has 0 aliphatic carbocycles. The van der Waals surface area contributed by atoms with Gasteiger partial charge in [0.25, 0.3) is 11.9 Å². The van der Waals surface area contributed by atoms with Crippen LogP contribution in [0.3, 0.4) is 0 Å². The van der Waals surface area contributed by atoms with Gasteiger partial charge in [-0.25, -0.2) is 4.68 Å². The van der Waals surface area contributed by atoms with E-state index in [1.165, 1.54) is 6.08 Å². The fourth-order valence-electron chi connectivity index (χ4n) is 4.36. The molecule has 0 fully saturated rings. The van der Waals surface area contributed by atoms with Crippen LogP contribution in [-0.4, -0.2) is 34.9 Å². The van der Waals surface area contributed by atoms with Gasteiger partial charge in [0.1, 0.15) is 11.5 Å². The lowest BCUT2D eigenvalue weighted by atomic mass is 9.93. The lowest BCUT2D eigenvalue weighted by Gasteiger charge is -2.31. The predicted octanol–water partition coefficient (Wildman–Crippen LogP) is 5.09. The van der Waals surface area contributed by atoms with Crippen LogP contribution < -0.4 is 20.1 Å². The van der Waals surface area contributed by atoms with E-state index in [4.69, 9.17) is 9.47 Å². The molecule has 8 heteroatoms. The average molecular weight is 482 g/mol. The van der Waals surface area contributed by atoms with E-state index in [0.29, 0.717) is 11.7 Å². The smallest absolute Gasteiger partial charge is 0.250 e. The third-order valence-corrected chi connectivity index (χ3v) is 6.18. The fraction of sp³-hybridized carbons (Fsp3) is 0.179. The zero-order valence-corrected chi connectivity index (χ0v) is 20.1. The van der Waals surface area contributed by atoms with Crippen LogP contribution in [0.1, 0.15) is 35.2 Å². The van der Waals surface area contributed by atoms with E-state index in [2.05, 4.69) is 45.0 Å². The third-order valence-electron chi connectivity index (χ3n) is 6.18. The van der Waals surface area contributed by atoms with Crippen LogP contribution in [0.15, 0.2) is 84.9 Å². The fourth-order valence-corrected chi connectivity index (χ4v) is 4.36. The number of para-hydroxylation sites is 1. The van der Waals surface area contributed by atoms with Crippen molar-refractivity contribution >= 4 is 23.9 Å². The average Bonchev–Trinajstić information content (AvgIpc) is 3.34. The highest BCUT2D eigenvalue weighted by molar-refractivity contribution is 6.01. The van der Waals surface area contributed by atoms with E-state index >= 15 is 0 Å². The van der Waals surface area contributed by atoms with E-state index in [0.717, 1.165) is 28.9 Å². The number of rotatable bonds is 7. The molecule has 1 amide bonds. The first-order valence-corrected chi connectivity index (χ1v) is 11.7. The van der Waals surface area contributed by atoms with Crippen molar-refractivity contribution in [3.63, 3.8) is 0 Å². The van der Waals surface area contributed by atoms with Gasteiger partial charge < -0.3 is 14.8 Å². The Kier molecular flexibility index (Phi) is 6.66. The molecule has 0 bridgehead atoms. The predicted molar refractivity (Wildman–Crippen MR) is 139 cm³/mol. The van der Waals surface area contributed by atoms with Gasteiger partial charge in [0.2, 0.25) is 5.95 Å². The number of carbonyl (C=O) groups excluding carboxylic acids is 1. The summed E-state index contributed by atoms with van der Waals surface area (Å²) in [6.45, 7) is 0. The molecule has 8 nitrogen and oxygen atoms in total. The Bertz CT molecular complexity index is 1370. The van der Waals surface area contributed by atoms with Crippen LogP contribution in [0.4, 0.5) is 11.9 Å². The number of hydrogen-bond donors (Lipinski definition) is 2. The van der Waals surface area contributed by atoms with Crippen LogP contribution >= 0.6 is 0 Å². The second-order valence-electron chi connectivity index (χ2n) is 8.40. The van der Waals surface area contributed by atoms with Gasteiger partial charge >= 0.3 is 0 Å². The number of benzene rings is 3. The molecule has 0 saturated heterocycles. The monoisotopic (exact) mass is 481 g/mol. The minimum absolute atomic E-state index is 0.0202. The zero-order valence-electron chi connectivity index (χ0n) is 20.1. The maximum Gasteiger partial charge on any atom is 0.250 e. The van der Waals surface area contributed by atoms with Crippen LogP contribution in [0.2, 0.25) is 0 Å². The molecule has 1 aliphatic heterocycles. The lowest BCUT2D eigenvalue weighted by molar-refractivity contribution is -0.111. The highest BCUT2D eigenvalue weighted by Crippen LogP contribution is 2.38. The Morgan fingerprint density at radius 3 is 2.47 bits per heavy atom. The Hall–Kier alpha value is -4.59. The standard InChI is InChI=1S/C28H27N5O3/c1-35-22-15-12-19(13-16-22)23-18-24(20-8-4-3-5-9-20)33-28(29-23)31-27(32-33)30-26(34)17-14-21-10-6-7-11-25(21)36-2/h3-17,23-24H,18H2,1-2H3,(H2,29,30,31,32,34). The molecule has 2 heterocycles. The summed E-state index contributed by atoms with van der Waals surface area (Å²) in [6, 6.07) is 25.7. The molecule has 1 aliphatic rings. The molecule has 2 N–H and O–H groups in total. The van der Waals surface area contributed by atoms with Gasteiger partial charge in [-0.1, -0.05) is 60.7 Å². The number of fused-ring (bicyclic) bond motifs is 1. The minimum Gasteiger partial charge on any atom is -0.497 e. The quantitative estimate of drug-likeness (QED) is 0.357. The number of nitrogens with zero attached hydrogens (tertiary/aromatic N) is 3. The maximum atomic E-state index is 12.6. The normalized spacial score (nSPS) is 16.7. The first kappa shape index (κ1) is 23.2. The molecular weight excluding hydrogens is 454 g/mol. The largest absolute Gasteiger partial charge is 0.497 e. The Morgan fingerprint density at radius 2 is 1.72 bits per heavy atom. The molecule has 0 saturated carbocycles. The number of amides is 1. The zero-order chi connectivity index (χ0) is 24.9. The van der Waals surface area contributed by atoms with Crippen molar-refractivity contribution in [3.8, 4) is 11.5 Å².